The van der Waals surface area contributed by atoms with Crippen molar-refractivity contribution in [1.82, 2.24) is 20.2 Å². The quantitative estimate of drug-likeness (QED) is 0.562. The number of aromatic amines is 1. The van der Waals surface area contributed by atoms with Gasteiger partial charge in [-0.3, -0.25) is 9.89 Å². The molecule has 2 aromatic heterocycles. The number of aldehydes is 1. The second-order valence-corrected chi connectivity index (χ2v) is 5.23. The molecule has 116 valence electrons. The van der Waals surface area contributed by atoms with Crippen molar-refractivity contribution in [3.05, 3.63) is 66.4 Å². The highest BCUT2D eigenvalue weighted by molar-refractivity contribution is 5.92. The van der Waals surface area contributed by atoms with Gasteiger partial charge in [0.1, 0.15) is 5.82 Å². The summed E-state index contributed by atoms with van der Waals surface area (Å²) in [6.07, 6.45) is 0.714. The van der Waals surface area contributed by atoms with Gasteiger partial charge in [-0.05, 0) is 12.1 Å². The largest absolute Gasteiger partial charge is 0.323 e. The molecular weight excluding hydrogens is 302 g/mol. The maximum absolute atomic E-state index is 10.8. The summed E-state index contributed by atoms with van der Waals surface area (Å²) in [5.74, 6) is 1.80. The van der Waals surface area contributed by atoms with E-state index in [0.29, 0.717) is 29.4 Å². The summed E-state index contributed by atoms with van der Waals surface area (Å²) < 4.78 is 0. The Balaban J connectivity index is 1.84. The summed E-state index contributed by atoms with van der Waals surface area (Å²) >= 11 is 0. The molecule has 0 fully saturated rings. The number of carbonyl (C=O) groups is 1. The molecule has 6 heteroatoms. The van der Waals surface area contributed by atoms with Crippen molar-refractivity contribution in [2.45, 2.75) is 0 Å². The Hall–Kier alpha value is -3.54. The molecule has 0 aliphatic carbocycles. The Bertz CT molecular complexity index is 1010. The van der Waals surface area contributed by atoms with E-state index in [1.165, 1.54) is 0 Å². The molecule has 0 spiro atoms. The number of rotatable bonds is 4. The van der Waals surface area contributed by atoms with Crippen LogP contribution in [-0.2, 0) is 0 Å². The summed E-state index contributed by atoms with van der Waals surface area (Å²) in [5, 5.41) is 10.8. The van der Waals surface area contributed by atoms with E-state index >= 15 is 0 Å². The van der Waals surface area contributed by atoms with Gasteiger partial charge in [0.15, 0.2) is 17.9 Å². The van der Waals surface area contributed by atoms with Crippen LogP contribution < -0.4 is 5.32 Å². The van der Waals surface area contributed by atoms with Gasteiger partial charge in [-0.2, -0.15) is 5.10 Å². The van der Waals surface area contributed by atoms with E-state index in [2.05, 4.69) is 25.5 Å². The van der Waals surface area contributed by atoms with Crippen LogP contribution in [0.1, 0.15) is 10.5 Å². The van der Waals surface area contributed by atoms with Gasteiger partial charge in [0.2, 0.25) is 0 Å². The zero-order valence-corrected chi connectivity index (χ0v) is 12.6. The molecule has 0 aliphatic heterocycles. The van der Waals surface area contributed by atoms with Crippen LogP contribution in [0.15, 0.2) is 60.7 Å². The Kier molecular flexibility index (Phi) is 3.47. The smallest absolute Gasteiger partial charge is 0.167 e. The highest BCUT2D eigenvalue weighted by Crippen LogP contribution is 2.26. The van der Waals surface area contributed by atoms with Crippen LogP contribution in [0.3, 0.4) is 0 Å². The Labute approximate surface area is 137 Å². The zero-order valence-electron chi connectivity index (χ0n) is 12.6. The van der Waals surface area contributed by atoms with Crippen molar-refractivity contribution >= 4 is 28.8 Å². The first-order valence-corrected chi connectivity index (χ1v) is 7.43. The summed E-state index contributed by atoms with van der Waals surface area (Å²) in [6, 6.07) is 19.2. The van der Waals surface area contributed by atoms with Gasteiger partial charge in [0.25, 0.3) is 0 Å². The van der Waals surface area contributed by atoms with E-state index < -0.39 is 0 Å². The number of H-pyrrole nitrogens is 1. The normalized spacial score (nSPS) is 10.7. The van der Waals surface area contributed by atoms with Crippen LogP contribution in [-0.4, -0.2) is 26.5 Å². The summed E-state index contributed by atoms with van der Waals surface area (Å²) in [7, 11) is 0. The van der Waals surface area contributed by atoms with Crippen LogP contribution in [0.2, 0.25) is 0 Å². The molecule has 2 N–H and O–H groups in total. The number of hydrogen-bond donors (Lipinski definition) is 2. The third-order valence-corrected chi connectivity index (χ3v) is 3.61. The third-order valence-electron chi connectivity index (χ3n) is 3.61. The monoisotopic (exact) mass is 315 g/mol. The average molecular weight is 315 g/mol. The number of fused-ring (bicyclic) bond motifs is 1. The summed E-state index contributed by atoms with van der Waals surface area (Å²) in [6.45, 7) is 0. The molecule has 4 aromatic rings. The number of aromatic nitrogens is 4. The first-order chi connectivity index (χ1) is 11.8. The molecular formula is C18H13N5O. The van der Waals surface area contributed by atoms with Crippen LogP contribution in [0.25, 0.3) is 22.3 Å². The maximum atomic E-state index is 10.8. The summed E-state index contributed by atoms with van der Waals surface area (Å²) in [5.41, 5.74) is 2.17. The van der Waals surface area contributed by atoms with Gasteiger partial charge in [0.05, 0.1) is 11.2 Å². The number of carbonyl (C=O) groups excluding carboxylic acids is 1. The van der Waals surface area contributed by atoms with E-state index in [0.717, 1.165) is 16.5 Å². The van der Waals surface area contributed by atoms with Crippen LogP contribution in [0.5, 0.6) is 0 Å². The van der Waals surface area contributed by atoms with E-state index in [1.54, 1.807) is 6.07 Å². The molecule has 0 radical (unpaired) electrons. The molecule has 0 unspecified atom stereocenters. The van der Waals surface area contributed by atoms with Crippen molar-refractivity contribution < 1.29 is 4.79 Å². The van der Waals surface area contributed by atoms with E-state index in [1.807, 2.05) is 54.6 Å². The highest BCUT2D eigenvalue weighted by atomic mass is 16.1. The molecule has 6 nitrogen and oxygen atoms in total. The lowest BCUT2D eigenvalue weighted by Crippen LogP contribution is -1.99. The van der Waals surface area contributed by atoms with Crippen molar-refractivity contribution in [2.75, 3.05) is 5.32 Å². The van der Waals surface area contributed by atoms with Crippen LogP contribution >= 0.6 is 0 Å². The molecule has 2 aromatic carbocycles. The fourth-order valence-electron chi connectivity index (χ4n) is 2.47. The van der Waals surface area contributed by atoms with E-state index in [-0.39, 0.29) is 0 Å². The lowest BCUT2D eigenvalue weighted by Gasteiger charge is -2.09. The fourth-order valence-corrected chi connectivity index (χ4v) is 2.47. The van der Waals surface area contributed by atoms with E-state index in [9.17, 15) is 4.79 Å². The lowest BCUT2D eigenvalue weighted by atomic mass is 10.2. The fraction of sp³-hybridized carbons (Fsp3) is 0. The van der Waals surface area contributed by atoms with Gasteiger partial charge in [-0.1, -0.05) is 42.5 Å². The minimum absolute atomic E-state index is 0.402. The molecule has 0 bridgehead atoms. The number of hydrogen-bond acceptors (Lipinski definition) is 5. The van der Waals surface area contributed by atoms with Crippen molar-refractivity contribution in [3.8, 4) is 11.4 Å². The van der Waals surface area contributed by atoms with Gasteiger partial charge in [0, 0.05) is 17.0 Å². The molecule has 0 saturated carbocycles. The van der Waals surface area contributed by atoms with Crippen LogP contribution in [0, 0.1) is 0 Å². The minimum atomic E-state index is 0.402. The molecule has 4 rings (SSSR count). The predicted octanol–water partition coefficient (Wildman–Crippen LogP) is 3.58. The number of anilines is 2. The van der Waals surface area contributed by atoms with Gasteiger partial charge >= 0.3 is 0 Å². The maximum Gasteiger partial charge on any atom is 0.167 e. The predicted molar refractivity (Wildman–Crippen MR) is 92.2 cm³/mol. The standard InChI is InChI=1S/C18H13N5O/c24-11-13-10-16(23-22-13)20-18-14-8-4-5-9-15(14)19-17(21-18)12-6-2-1-3-7-12/h1-11H,(H2,19,20,21,22,23). The molecule has 0 atom stereocenters. The Morgan fingerprint density at radius 1 is 0.958 bits per heavy atom. The SMILES string of the molecule is O=Cc1cc(Nc2nc(-c3ccccc3)nc3ccccc23)n[nH]1. The number of nitrogens with zero attached hydrogens (tertiary/aromatic N) is 3. The number of para-hydroxylation sites is 1. The van der Waals surface area contributed by atoms with Crippen molar-refractivity contribution in [1.29, 1.82) is 0 Å². The Morgan fingerprint density at radius 2 is 1.75 bits per heavy atom. The lowest BCUT2D eigenvalue weighted by molar-refractivity contribution is 0.111. The average Bonchev–Trinajstić information content (AvgIpc) is 3.10. The third kappa shape index (κ3) is 2.61. The van der Waals surface area contributed by atoms with Crippen molar-refractivity contribution in [2.24, 2.45) is 0 Å². The van der Waals surface area contributed by atoms with Gasteiger partial charge < -0.3 is 5.32 Å². The van der Waals surface area contributed by atoms with Crippen LogP contribution in [0.4, 0.5) is 11.6 Å². The topological polar surface area (TPSA) is 83.6 Å². The Morgan fingerprint density at radius 3 is 2.54 bits per heavy atom. The number of benzene rings is 2. The molecule has 0 aliphatic rings. The second-order valence-electron chi connectivity index (χ2n) is 5.23. The van der Waals surface area contributed by atoms with Gasteiger partial charge in [-0.25, -0.2) is 9.97 Å². The second kappa shape index (κ2) is 5.92. The zero-order chi connectivity index (χ0) is 16.4. The molecule has 24 heavy (non-hydrogen) atoms. The molecule has 0 saturated heterocycles. The molecule has 2 heterocycles. The van der Waals surface area contributed by atoms with E-state index in [4.69, 9.17) is 0 Å². The highest BCUT2D eigenvalue weighted by Gasteiger charge is 2.10. The first-order valence-electron chi connectivity index (χ1n) is 7.43. The van der Waals surface area contributed by atoms with Crippen molar-refractivity contribution in [3.63, 3.8) is 0 Å². The minimum Gasteiger partial charge on any atom is -0.323 e. The first kappa shape index (κ1) is 14.1. The number of nitrogens with one attached hydrogen (secondary N) is 2. The summed E-state index contributed by atoms with van der Waals surface area (Å²) in [4.78, 5) is 20.1. The molecule has 0 amide bonds. The van der Waals surface area contributed by atoms with Gasteiger partial charge in [-0.15, -0.1) is 0 Å².